The molecule has 0 amide bonds. The van der Waals surface area contributed by atoms with E-state index >= 15 is 0 Å². The summed E-state index contributed by atoms with van der Waals surface area (Å²) < 4.78 is 0. The van der Waals surface area contributed by atoms with Crippen molar-refractivity contribution in [3.8, 4) is 0 Å². The Hall–Kier alpha value is -0.470. The van der Waals surface area contributed by atoms with Crippen LogP contribution in [0.2, 0.25) is 0 Å². The molecule has 3 atom stereocenters. The van der Waals surface area contributed by atoms with E-state index in [4.69, 9.17) is 0 Å². The van der Waals surface area contributed by atoms with Crippen molar-refractivity contribution in [1.29, 1.82) is 0 Å². The molecule has 3 unspecified atom stereocenters. The van der Waals surface area contributed by atoms with Gasteiger partial charge in [0.15, 0.2) is 0 Å². The maximum atomic E-state index is 3.77. The highest BCUT2D eigenvalue weighted by Crippen LogP contribution is 2.44. The summed E-state index contributed by atoms with van der Waals surface area (Å²) in [5.41, 5.74) is 3.13. The number of hydrogen-bond acceptors (Lipinski definition) is 2. The van der Waals surface area contributed by atoms with Crippen molar-refractivity contribution in [2.45, 2.75) is 63.2 Å². The second-order valence-corrected chi connectivity index (χ2v) is 8.10. The third-order valence-corrected chi connectivity index (χ3v) is 6.82. The quantitative estimate of drug-likeness (QED) is 0.808. The molecule has 2 heteroatoms. The predicted octanol–water partition coefficient (Wildman–Crippen LogP) is 5.14. The maximum Gasteiger partial charge on any atom is 0.0443 e. The Morgan fingerprint density at radius 1 is 1.14 bits per heavy atom. The molecule has 21 heavy (non-hydrogen) atoms. The van der Waals surface area contributed by atoms with Gasteiger partial charge in [-0.3, -0.25) is 0 Å². The molecule has 116 valence electrons. The molecule has 1 saturated carbocycles. The number of fused-ring (bicyclic) bond motifs is 1. The molecule has 1 nitrogen and oxygen atoms in total. The zero-order chi connectivity index (χ0) is 14.7. The van der Waals surface area contributed by atoms with E-state index in [0.29, 0.717) is 12.0 Å². The number of thioether (sulfide) groups is 1. The molecule has 3 rings (SSSR count). The van der Waals surface area contributed by atoms with Crippen molar-refractivity contribution >= 4 is 11.8 Å². The van der Waals surface area contributed by atoms with Gasteiger partial charge in [-0.1, -0.05) is 51.0 Å². The molecular weight excluding hydrogens is 274 g/mol. The Morgan fingerprint density at radius 3 is 2.57 bits per heavy atom. The van der Waals surface area contributed by atoms with Gasteiger partial charge in [-0.05, 0) is 54.5 Å². The van der Waals surface area contributed by atoms with E-state index in [1.807, 2.05) is 0 Å². The van der Waals surface area contributed by atoms with Gasteiger partial charge in [0.1, 0.15) is 0 Å². The molecule has 1 aromatic carbocycles. The van der Waals surface area contributed by atoms with Crippen LogP contribution in [-0.4, -0.2) is 17.5 Å². The first kappa shape index (κ1) is 15.4. The van der Waals surface area contributed by atoms with Gasteiger partial charge in [-0.2, -0.15) is 11.8 Å². The van der Waals surface area contributed by atoms with Crippen LogP contribution in [0.5, 0.6) is 0 Å². The average Bonchev–Trinajstić information content (AvgIpc) is 3.02. The molecule has 2 aliphatic carbocycles. The summed E-state index contributed by atoms with van der Waals surface area (Å²) >= 11 is 2.25. The minimum absolute atomic E-state index is 0.550. The lowest BCUT2D eigenvalue weighted by Gasteiger charge is -2.37. The Kier molecular flexibility index (Phi) is 5.29. The molecule has 0 bridgehead atoms. The van der Waals surface area contributed by atoms with E-state index in [1.54, 1.807) is 11.1 Å². The minimum atomic E-state index is 0.550. The molecule has 1 N–H and O–H groups in total. The second-order valence-electron chi connectivity index (χ2n) is 6.82. The van der Waals surface area contributed by atoms with Crippen molar-refractivity contribution in [2.75, 3.05) is 12.3 Å². The zero-order valence-corrected chi connectivity index (χ0v) is 14.3. The Balaban J connectivity index is 1.73. The Morgan fingerprint density at radius 2 is 1.86 bits per heavy atom. The lowest BCUT2D eigenvalue weighted by molar-refractivity contribution is 0.452. The number of benzene rings is 1. The van der Waals surface area contributed by atoms with Crippen molar-refractivity contribution in [3.05, 3.63) is 35.4 Å². The van der Waals surface area contributed by atoms with E-state index in [9.17, 15) is 0 Å². The first-order chi connectivity index (χ1) is 10.3. The summed E-state index contributed by atoms with van der Waals surface area (Å²) in [6.45, 7) is 5.71. The minimum Gasteiger partial charge on any atom is -0.309 e. The van der Waals surface area contributed by atoms with Gasteiger partial charge in [0.2, 0.25) is 0 Å². The van der Waals surface area contributed by atoms with Crippen LogP contribution in [0.25, 0.3) is 0 Å². The van der Waals surface area contributed by atoms with Crippen molar-refractivity contribution in [1.82, 2.24) is 5.32 Å². The fourth-order valence-electron chi connectivity index (χ4n) is 4.12. The van der Waals surface area contributed by atoms with Crippen LogP contribution in [0, 0.1) is 5.92 Å². The molecule has 0 aliphatic heterocycles. The highest BCUT2D eigenvalue weighted by molar-refractivity contribution is 7.99. The van der Waals surface area contributed by atoms with Crippen LogP contribution >= 0.6 is 11.8 Å². The molecule has 0 saturated heterocycles. The third kappa shape index (κ3) is 3.48. The molecular formula is C19H29NS. The van der Waals surface area contributed by atoms with Gasteiger partial charge in [0, 0.05) is 11.3 Å². The largest absolute Gasteiger partial charge is 0.309 e. The Bertz CT molecular complexity index is 453. The normalized spacial score (nSPS) is 29.5. The van der Waals surface area contributed by atoms with Gasteiger partial charge >= 0.3 is 0 Å². The number of hydrogen-bond donors (Lipinski definition) is 1. The lowest BCUT2D eigenvalue weighted by atomic mass is 9.80. The molecule has 0 spiro atoms. The zero-order valence-electron chi connectivity index (χ0n) is 13.5. The summed E-state index contributed by atoms with van der Waals surface area (Å²) in [4.78, 5) is 0. The van der Waals surface area contributed by atoms with Crippen LogP contribution in [-0.2, 0) is 0 Å². The summed E-state index contributed by atoms with van der Waals surface area (Å²) in [5.74, 6) is 3.07. The average molecular weight is 304 g/mol. The van der Waals surface area contributed by atoms with Gasteiger partial charge in [-0.15, -0.1) is 0 Å². The van der Waals surface area contributed by atoms with E-state index in [1.165, 1.54) is 37.9 Å². The number of rotatable bonds is 5. The third-order valence-electron chi connectivity index (χ3n) is 5.26. The molecule has 0 radical (unpaired) electrons. The maximum absolute atomic E-state index is 3.77. The smallest absolute Gasteiger partial charge is 0.0443 e. The van der Waals surface area contributed by atoms with Crippen molar-refractivity contribution < 1.29 is 0 Å². The fourth-order valence-corrected chi connectivity index (χ4v) is 5.83. The highest BCUT2D eigenvalue weighted by atomic mass is 32.2. The molecule has 0 heterocycles. The van der Waals surface area contributed by atoms with Crippen molar-refractivity contribution in [2.24, 2.45) is 5.92 Å². The van der Waals surface area contributed by atoms with Crippen LogP contribution in [0.3, 0.4) is 0 Å². The van der Waals surface area contributed by atoms with E-state index < -0.39 is 0 Å². The van der Waals surface area contributed by atoms with E-state index in [0.717, 1.165) is 17.7 Å². The highest BCUT2D eigenvalue weighted by Gasteiger charge is 2.33. The predicted molar refractivity (Wildman–Crippen MR) is 94.1 cm³/mol. The van der Waals surface area contributed by atoms with E-state index in [2.05, 4.69) is 55.2 Å². The van der Waals surface area contributed by atoms with Crippen LogP contribution in [0.4, 0.5) is 0 Å². The molecule has 1 fully saturated rings. The van der Waals surface area contributed by atoms with Crippen molar-refractivity contribution in [3.63, 3.8) is 0 Å². The Labute approximate surface area is 134 Å². The standard InChI is InChI=1S/C19H29NS/c1-3-20-19-17-11-7-6-10-16(17)14(2)12-18(19)21-13-15-8-4-5-9-15/h6-7,10-11,14-15,18-20H,3-5,8-9,12-13H2,1-2H3. The topological polar surface area (TPSA) is 12.0 Å². The van der Waals surface area contributed by atoms with Crippen LogP contribution < -0.4 is 5.32 Å². The summed E-state index contributed by atoms with van der Waals surface area (Å²) in [7, 11) is 0. The van der Waals surface area contributed by atoms with Gasteiger partial charge in [0.25, 0.3) is 0 Å². The van der Waals surface area contributed by atoms with Crippen LogP contribution in [0.1, 0.15) is 69.0 Å². The lowest BCUT2D eigenvalue weighted by Crippen LogP contribution is -2.35. The second kappa shape index (κ2) is 7.19. The first-order valence-corrected chi connectivity index (χ1v) is 9.78. The first-order valence-electron chi connectivity index (χ1n) is 8.73. The van der Waals surface area contributed by atoms with Gasteiger partial charge in [-0.25, -0.2) is 0 Å². The monoisotopic (exact) mass is 303 g/mol. The van der Waals surface area contributed by atoms with Gasteiger partial charge in [0.05, 0.1) is 0 Å². The molecule has 2 aliphatic rings. The van der Waals surface area contributed by atoms with Crippen LogP contribution in [0.15, 0.2) is 24.3 Å². The summed E-state index contributed by atoms with van der Waals surface area (Å²) in [5, 5.41) is 4.51. The van der Waals surface area contributed by atoms with Gasteiger partial charge < -0.3 is 5.32 Å². The number of nitrogens with one attached hydrogen (secondary N) is 1. The SMILES string of the molecule is CCNC1c2ccccc2C(C)CC1SCC1CCCC1. The molecule has 1 aromatic rings. The van der Waals surface area contributed by atoms with E-state index in [-0.39, 0.29) is 0 Å². The summed E-state index contributed by atoms with van der Waals surface area (Å²) in [6, 6.07) is 9.64. The molecule has 0 aromatic heterocycles. The fraction of sp³-hybridized carbons (Fsp3) is 0.684. The summed E-state index contributed by atoms with van der Waals surface area (Å²) in [6.07, 6.45) is 7.19.